The number of benzene rings is 2. The van der Waals surface area contributed by atoms with Crippen molar-refractivity contribution < 1.29 is 19.4 Å². The summed E-state index contributed by atoms with van der Waals surface area (Å²) in [6.45, 7) is 3.52. The molecular formula is C27H27NO4. The first kappa shape index (κ1) is 22.9. The van der Waals surface area contributed by atoms with E-state index in [4.69, 9.17) is 4.74 Å². The van der Waals surface area contributed by atoms with Gasteiger partial charge in [-0.05, 0) is 37.5 Å². The van der Waals surface area contributed by atoms with Crippen molar-refractivity contribution in [2.24, 2.45) is 16.8 Å². The Labute approximate surface area is 188 Å². The molecule has 1 aliphatic rings. The fourth-order valence-electron chi connectivity index (χ4n) is 3.89. The van der Waals surface area contributed by atoms with Gasteiger partial charge >= 0.3 is 11.9 Å². The number of hydrogen-bond donors (Lipinski definition) is 1. The molecule has 3 rings (SSSR count). The Morgan fingerprint density at radius 2 is 1.50 bits per heavy atom. The number of carbonyl (C=O) groups is 2. The Kier molecular flexibility index (Phi) is 7.92. The van der Waals surface area contributed by atoms with Crippen LogP contribution in [0.25, 0.3) is 12.2 Å². The molecule has 5 nitrogen and oxygen atoms in total. The van der Waals surface area contributed by atoms with E-state index in [-0.39, 0.29) is 6.61 Å². The second-order valence-corrected chi connectivity index (χ2v) is 7.63. The van der Waals surface area contributed by atoms with Crippen molar-refractivity contribution in [2.75, 3.05) is 6.61 Å². The maximum Gasteiger partial charge on any atom is 0.336 e. The van der Waals surface area contributed by atoms with Crippen molar-refractivity contribution in [1.29, 1.82) is 0 Å². The van der Waals surface area contributed by atoms with Crippen LogP contribution in [0, 0.1) is 11.8 Å². The van der Waals surface area contributed by atoms with E-state index in [9.17, 15) is 14.7 Å². The van der Waals surface area contributed by atoms with Gasteiger partial charge in [-0.2, -0.15) is 0 Å². The van der Waals surface area contributed by atoms with Gasteiger partial charge in [0.1, 0.15) is 12.5 Å². The summed E-state index contributed by atoms with van der Waals surface area (Å²) in [4.78, 5) is 29.3. The quantitative estimate of drug-likeness (QED) is 0.569. The van der Waals surface area contributed by atoms with Crippen molar-refractivity contribution >= 4 is 29.8 Å². The molecule has 0 saturated heterocycles. The Morgan fingerprint density at radius 1 is 0.938 bits per heavy atom. The molecule has 2 unspecified atom stereocenters. The Bertz CT molecular complexity index is 1070. The summed E-state index contributed by atoms with van der Waals surface area (Å²) in [6, 6.07) is 19.5. The largest absolute Gasteiger partial charge is 0.481 e. The van der Waals surface area contributed by atoms with E-state index < -0.39 is 23.8 Å². The first-order valence-electron chi connectivity index (χ1n) is 10.6. The number of carboxylic acids is 1. The van der Waals surface area contributed by atoms with Crippen LogP contribution < -0.4 is 0 Å². The summed E-state index contributed by atoms with van der Waals surface area (Å²) in [5.41, 5.74) is 3.35. The minimum absolute atomic E-state index is 0.0948. The van der Waals surface area contributed by atoms with Crippen LogP contribution in [-0.2, 0) is 14.3 Å². The van der Waals surface area contributed by atoms with Crippen molar-refractivity contribution in [3.8, 4) is 0 Å². The Hall–Kier alpha value is -3.73. The molecule has 5 heteroatoms. The maximum atomic E-state index is 12.9. The summed E-state index contributed by atoms with van der Waals surface area (Å²) < 4.78 is 5.46. The highest BCUT2D eigenvalue weighted by Crippen LogP contribution is 2.34. The molecule has 164 valence electrons. The lowest BCUT2D eigenvalue weighted by atomic mass is 9.78. The minimum atomic E-state index is -0.994. The summed E-state index contributed by atoms with van der Waals surface area (Å²) in [5, 5.41) is 9.83. The van der Waals surface area contributed by atoms with Crippen molar-refractivity contribution in [3.63, 3.8) is 0 Å². The molecule has 0 spiro atoms. The van der Waals surface area contributed by atoms with E-state index in [0.29, 0.717) is 23.4 Å². The molecule has 0 fully saturated rings. The zero-order valence-corrected chi connectivity index (χ0v) is 18.3. The fourth-order valence-corrected chi connectivity index (χ4v) is 3.89. The van der Waals surface area contributed by atoms with Gasteiger partial charge in [0.25, 0.3) is 0 Å². The van der Waals surface area contributed by atoms with Gasteiger partial charge in [-0.25, -0.2) is 4.79 Å². The summed E-state index contributed by atoms with van der Waals surface area (Å²) in [7, 11) is 0. The van der Waals surface area contributed by atoms with Crippen molar-refractivity contribution in [3.05, 3.63) is 95.2 Å². The number of aliphatic imine (C=N–C) groups is 1. The third kappa shape index (κ3) is 5.91. The Balaban J connectivity index is 1.76. The van der Waals surface area contributed by atoms with Gasteiger partial charge in [-0.1, -0.05) is 78.9 Å². The molecule has 2 aromatic carbocycles. The van der Waals surface area contributed by atoms with Gasteiger partial charge in [0, 0.05) is 17.3 Å². The van der Waals surface area contributed by atoms with Gasteiger partial charge in [-0.3, -0.25) is 9.79 Å². The highest BCUT2D eigenvalue weighted by Gasteiger charge is 2.39. The predicted molar refractivity (Wildman–Crippen MR) is 127 cm³/mol. The number of ether oxygens (including phenoxy) is 1. The van der Waals surface area contributed by atoms with Crippen molar-refractivity contribution in [1.82, 2.24) is 0 Å². The SMILES string of the molecule is CC1=NC(C)=C(C(=O)OCC=Cc2ccccc2)C(CC=Cc2ccccc2)C1C(=O)O. The second-order valence-electron chi connectivity index (χ2n) is 7.63. The maximum absolute atomic E-state index is 12.9. The van der Waals surface area contributed by atoms with E-state index in [1.54, 1.807) is 19.9 Å². The van der Waals surface area contributed by atoms with E-state index in [0.717, 1.165) is 11.1 Å². The Morgan fingerprint density at radius 3 is 2.06 bits per heavy atom. The zero-order chi connectivity index (χ0) is 22.9. The monoisotopic (exact) mass is 429 g/mol. The highest BCUT2D eigenvalue weighted by atomic mass is 16.5. The van der Waals surface area contributed by atoms with Crippen LogP contribution >= 0.6 is 0 Å². The third-order valence-corrected chi connectivity index (χ3v) is 5.36. The molecule has 0 saturated carbocycles. The van der Waals surface area contributed by atoms with E-state index in [2.05, 4.69) is 4.99 Å². The van der Waals surface area contributed by atoms with Crippen LogP contribution in [0.15, 0.2) is 89.1 Å². The topological polar surface area (TPSA) is 76.0 Å². The van der Waals surface area contributed by atoms with Crippen LogP contribution in [0.5, 0.6) is 0 Å². The first-order valence-corrected chi connectivity index (χ1v) is 10.6. The predicted octanol–water partition coefficient (Wildman–Crippen LogP) is 5.41. The average Bonchev–Trinajstić information content (AvgIpc) is 2.77. The molecule has 1 heterocycles. The van der Waals surface area contributed by atoms with Crippen LogP contribution in [0.1, 0.15) is 31.4 Å². The second kappa shape index (κ2) is 11.0. The lowest BCUT2D eigenvalue weighted by Crippen LogP contribution is -2.36. The number of nitrogens with zero attached hydrogens (tertiary/aromatic N) is 1. The molecule has 2 atom stereocenters. The lowest BCUT2D eigenvalue weighted by Gasteiger charge is -2.29. The molecule has 1 N–H and O–H groups in total. The number of rotatable bonds is 8. The van der Waals surface area contributed by atoms with Gasteiger partial charge in [0.2, 0.25) is 0 Å². The van der Waals surface area contributed by atoms with Crippen LogP contribution in [-0.4, -0.2) is 29.4 Å². The molecule has 0 bridgehead atoms. The molecular weight excluding hydrogens is 402 g/mol. The number of aliphatic carboxylic acids is 1. The standard InChI is InChI=1S/C27H27NO4/c1-19-24(26(29)30)23(17-9-15-21-11-5-3-6-12-21)25(20(2)28-19)27(31)32-18-10-16-22-13-7-4-8-14-22/h3-16,23-24H,17-18H2,1-2H3,(H,29,30). The number of esters is 1. The number of hydrogen-bond acceptors (Lipinski definition) is 4. The lowest BCUT2D eigenvalue weighted by molar-refractivity contribution is -0.141. The molecule has 0 amide bonds. The fraction of sp³-hybridized carbons (Fsp3) is 0.222. The highest BCUT2D eigenvalue weighted by molar-refractivity contribution is 6.05. The normalized spacial score (nSPS) is 18.8. The number of allylic oxidation sites excluding steroid dienone is 2. The molecule has 0 radical (unpaired) electrons. The van der Waals surface area contributed by atoms with Gasteiger partial charge in [-0.15, -0.1) is 0 Å². The summed E-state index contributed by atoms with van der Waals surface area (Å²) in [5.74, 6) is -2.94. The molecule has 0 aromatic heterocycles. The van der Waals surface area contributed by atoms with Crippen molar-refractivity contribution in [2.45, 2.75) is 20.3 Å². The van der Waals surface area contributed by atoms with E-state index in [1.807, 2.05) is 78.9 Å². The average molecular weight is 430 g/mol. The van der Waals surface area contributed by atoms with Crippen LogP contribution in [0.2, 0.25) is 0 Å². The molecule has 2 aromatic rings. The smallest absolute Gasteiger partial charge is 0.336 e. The van der Waals surface area contributed by atoms with Gasteiger partial charge < -0.3 is 9.84 Å². The first-order chi connectivity index (χ1) is 15.5. The molecule has 0 aliphatic carbocycles. The summed E-state index contributed by atoms with van der Waals surface area (Å²) >= 11 is 0. The number of carbonyl (C=O) groups excluding carboxylic acids is 1. The third-order valence-electron chi connectivity index (χ3n) is 5.36. The van der Waals surface area contributed by atoms with Gasteiger partial charge in [0.15, 0.2) is 0 Å². The number of carboxylic acid groups (broad SMARTS) is 1. The minimum Gasteiger partial charge on any atom is -0.481 e. The van der Waals surface area contributed by atoms with Crippen LogP contribution in [0.3, 0.4) is 0 Å². The zero-order valence-electron chi connectivity index (χ0n) is 18.3. The van der Waals surface area contributed by atoms with E-state index in [1.165, 1.54) is 0 Å². The van der Waals surface area contributed by atoms with Gasteiger partial charge in [0.05, 0.1) is 5.57 Å². The van der Waals surface area contributed by atoms with Crippen LogP contribution in [0.4, 0.5) is 0 Å². The molecule has 1 aliphatic heterocycles. The summed E-state index contributed by atoms with van der Waals surface area (Å²) in [6.07, 6.45) is 7.86. The van der Waals surface area contributed by atoms with E-state index >= 15 is 0 Å². The molecule has 32 heavy (non-hydrogen) atoms.